The van der Waals surface area contributed by atoms with Gasteiger partial charge < -0.3 is 9.47 Å². The lowest BCUT2D eigenvalue weighted by Gasteiger charge is -2.21. The van der Waals surface area contributed by atoms with E-state index in [1.807, 2.05) is 18.7 Å². The molecule has 0 N–H and O–H groups in total. The molecule has 2 atom stereocenters. The van der Waals surface area contributed by atoms with E-state index in [0.717, 1.165) is 24.2 Å². The molecule has 1 rings (SSSR count). The van der Waals surface area contributed by atoms with Crippen molar-refractivity contribution in [1.82, 2.24) is 0 Å². The normalized spacial score (nSPS) is 14.0. The molecule has 0 aliphatic carbocycles. The lowest BCUT2D eigenvalue weighted by molar-refractivity contribution is 0.0331. The minimum Gasteiger partial charge on any atom is -0.381 e. The fourth-order valence-corrected chi connectivity index (χ4v) is 2.98. The maximum atomic E-state index is 5.58. The molecule has 0 heterocycles. The van der Waals surface area contributed by atoms with Crippen molar-refractivity contribution >= 4 is 11.8 Å². The highest BCUT2D eigenvalue weighted by Crippen LogP contribution is 2.22. The molecule has 0 amide bonds. The van der Waals surface area contributed by atoms with Gasteiger partial charge in [0, 0.05) is 31.3 Å². The highest BCUT2D eigenvalue weighted by atomic mass is 32.2. The van der Waals surface area contributed by atoms with Crippen molar-refractivity contribution in [3.05, 3.63) is 42.0 Å². The molecular weight excluding hydrogens is 268 g/mol. The van der Waals surface area contributed by atoms with Crippen LogP contribution < -0.4 is 0 Å². The first-order valence-corrected chi connectivity index (χ1v) is 7.93. The van der Waals surface area contributed by atoms with Crippen LogP contribution >= 0.6 is 11.8 Å². The molecule has 3 heteroatoms. The topological polar surface area (TPSA) is 18.5 Å². The Morgan fingerprint density at radius 2 is 1.75 bits per heavy atom. The summed E-state index contributed by atoms with van der Waals surface area (Å²) in [6.45, 7) is 8.09. The van der Waals surface area contributed by atoms with Crippen molar-refractivity contribution in [3.8, 4) is 0 Å². The fourth-order valence-electron chi connectivity index (χ4n) is 2.00. The van der Waals surface area contributed by atoms with Crippen LogP contribution in [0.25, 0.3) is 0 Å². The Labute approximate surface area is 127 Å². The summed E-state index contributed by atoms with van der Waals surface area (Å²) in [7, 11) is 3.53. The minimum atomic E-state index is 0.191. The Bertz CT molecular complexity index is 400. The standard InChI is InChI=1S/C17H26O2S/c1-13(2)10-15(18-4)11-16(19-5)12-20-17-8-6-14(3)7-9-17/h6-9,15-16H,1,10-12H2,2-5H3/t15-,16-/m1/s1. The van der Waals surface area contributed by atoms with Gasteiger partial charge in [-0.15, -0.1) is 18.3 Å². The molecule has 0 saturated heterocycles. The number of benzene rings is 1. The fraction of sp³-hybridized carbons (Fsp3) is 0.529. The Balaban J connectivity index is 2.45. The van der Waals surface area contributed by atoms with Crippen LogP contribution in [0.2, 0.25) is 0 Å². The third-order valence-corrected chi connectivity index (χ3v) is 4.37. The van der Waals surface area contributed by atoms with Crippen LogP contribution in [0.4, 0.5) is 0 Å². The smallest absolute Gasteiger partial charge is 0.0690 e. The molecule has 20 heavy (non-hydrogen) atoms. The predicted molar refractivity (Wildman–Crippen MR) is 87.5 cm³/mol. The van der Waals surface area contributed by atoms with Crippen LogP contribution in [-0.4, -0.2) is 32.2 Å². The molecule has 0 saturated carbocycles. The third kappa shape index (κ3) is 6.60. The molecule has 1 aromatic rings. The van der Waals surface area contributed by atoms with Gasteiger partial charge in [0.25, 0.3) is 0 Å². The van der Waals surface area contributed by atoms with Crippen molar-refractivity contribution in [2.75, 3.05) is 20.0 Å². The average Bonchev–Trinajstić information content (AvgIpc) is 2.43. The van der Waals surface area contributed by atoms with Crippen molar-refractivity contribution in [2.24, 2.45) is 0 Å². The van der Waals surface area contributed by atoms with Crippen molar-refractivity contribution in [1.29, 1.82) is 0 Å². The van der Waals surface area contributed by atoms with Crippen LogP contribution in [0.1, 0.15) is 25.3 Å². The van der Waals surface area contributed by atoms with E-state index in [1.165, 1.54) is 10.5 Å². The van der Waals surface area contributed by atoms with Crippen molar-refractivity contribution in [2.45, 2.75) is 43.8 Å². The molecule has 0 bridgehead atoms. The molecule has 0 aliphatic rings. The first kappa shape index (κ1) is 17.3. The van der Waals surface area contributed by atoms with E-state index < -0.39 is 0 Å². The summed E-state index contributed by atoms with van der Waals surface area (Å²) in [4.78, 5) is 1.28. The summed E-state index contributed by atoms with van der Waals surface area (Å²) >= 11 is 1.83. The largest absolute Gasteiger partial charge is 0.381 e. The Morgan fingerprint density at radius 1 is 1.15 bits per heavy atom. The molecule has 0 unspecified atom stereocenters. The van der Waals surface area contributed by atoms with Crippen LogP contribution in [-0.2, 0) is 9.47 Å². The Hall–Kier alpha value is -0.770. The monoisotopic (exact) mass is 294 g/mol. The van der Waals surface area contributed by atoms with E-state index in [4.69, 9.17) is 9.47 Å². The quantitative estimate of drug-likeness (QED) is 0.494. The summed E-state index contributed by atoms with van der Waals surface area (Å²) in [5.41, 5.74) is 2.44. The van der Waals surface area contributed by atoms with E-state index in [9.17, 15) is 0 Å². The summed E-state index contributed by atoms with van der Waals surface area (Å²) in [6.07, 6.45) is 2.19. The van der Waals surface area contributed by atoms with Gasteiger partial charge in [0.1, 0.15) is 0 Å². The number of hydrogen-bond donors (Lipinski definition) is 0. The Kier molecular flexibility index (Phi) is 7.97. The molecular formula is C17H26O2S. The van der Waals surface area contributed by atoms with Gasteiger partial charge in [-0.2, -0.15) is 0 Å². The lowest BCUT2D eigenvalue weighted by Crippen LogP contribution is -2.23. The van der Waals surface area contributed by atoms with Gasteiger partial charge in [-0.25, -0.2) is 0 Å². The first-order chi connectivity index (χ1) is 9.55. The van der Waals surface area contributed by atoms with Gasteiger partial charge in [0.2, 0.25) is 0 Å². The highest BCUT2D eigenvalue weighted by Gasteiger charge is 2.16. The third-order valence-electron chi connectivity index (χ3n) is 3.23. The van der Waals surface area contributed by atoms with E-state index in [0.29, 0.717) is 0 Å². The van der Waals surface area contributed by atoms with Crippen LogP contribution in [0.5, 0.6) is 0 Å². The van der Waals surface area contributed by atoms with Gasteiger partial charge >= 0.3 is 0 Å². The SMILES string of the molecule is C=C(C)C[C@H](C[C@H](CSc1ccc(C)cc1)OC)OC. The summed E-state index contributed by atoms with van der Waals surface area (Å²) in [5, 5.41) is 0. The van der Waals surface area contributed by atoms with Crippen LogP contribution in [0.3, 0.4) is 0 Å². The number of methoxy groups -OCH3 is 2. The van der Waals surface area contributed by atoms with Crippen LogP contribution in [0.15, 0.2) is 41.3 Å². The number of rotatable bonds is 9. The Morgan fingerprint density at radius 3 is 2.25 bits per heavy atom. The zero-order valence-electron chi connectivity index (χ0n) is 13.0. The zero-order valence-corrected chi connectivity index (χ0v) is 13.8. The van der Waals surface area contributed by atoms with E-state index in [-0.39, 0.29) is 12.2 Å². The summed E-state index contributed by atoms with van der Waals surface area (Å²) in [5.74, 6) is 0.940. The maximum absolute atomic E-state index is 5.58. The highest BCUT2D eigenvalue weighted by molar-refractivity contribution is 7.99. The van der Waals surface area contributed by atoms with Gasteiger partial charge in [-0.05, 0) is 32.4 Å². The average molecular weight is 294 g/mol. The molecule has 1 aromatic carbocycles. The van der Waals surface area contributed by atoms with Gasteiger partial charge in [-0.1, -0.05) is 23.3 Å². The number of aryl methyl sites for hydroxylation is 1. The first-order valence-electron chi connectivity index (χ1n) is 6.94. The second-order valence-corrected chi connectivity index (χ2v) is 6.33. The van der Waals surface area contributed by atoms with Crippen LogP contribution in [0, 0.1) is 6.92 Å². The van der Waals surface area contributed by atoms with E-state index >= 15 is 0 Å². The number of ether oxygens (including phenoxy) is 2. The van der Waals surface area contributed by atoms with E-state index in [2.05, 4.69) is 37.8 Å². The summed E-state index contributed by atoms with van der Waals surface area (Å²) in [6, 6.07) is 8.61. The van der Waals surface area contributed by atoms with E-state index in [1.54, 1.807) is 14.2 Å². The predicted octanol–water partition coefficient (Wildman–Crippen LogP) is 4.47. The molecule has 2 nitrogen and oxygen atoms in total. The molecule has 0 aliphatic heterocycles. The minimum absolute atomic E-state index is 0.191. The molecule has 0 aromatic heterocycles. The second kappa shape index (κ2) is 9.22. The number of thioether (sulfide) groups is 1. The van der Waals surface area contributed by atoms with Crippen molar-refractivity contribution in [3.63, 3.8) is 0 Å². The molecule has 112 valence electrons. The number of hydrogen-bond acceptors (Lipinski definition) is 3. The maximum Gasteiger partial charge on any atom is 0.0690 e. The van der Waals surface area contributed by atoms with Gasteiger partial charge in [0.05, 0.1) is 12.2 Å². The lowest BCUT2D eigenvalue weighted by atomic mass is 10.1. The van der Waals surface area contributed by atoms with Gasteiger partial charge in [-0.3, -0.25) is 0 Å². The van der Waals surface area contributed by atoms with Crippen molar-refractivity contribution < 1.29 is 9.47 Å². The molecule has 0 spiro atoms. The van der Waals surface area contributed by atoms with Gasteiger partial charge in [0.15, 0.2) is 0 Å². The summed E-state index contributed by atoms with van der Waals surface area (Å²) < 4.78 is 11.1. The molecule has 0 fully saturated rings. The zero-order chi connectivity index (χ0) is 15.0. The molecule has 0 radical (unpaired) electrons. The second-order valence-electron chi connectivity index (χ2n) is 5.24.